The van der Waals surface area contributed by atoms with Crippen LogP contribution in [0.2, 0.25) is 0 Å². The van der Waals surface area contributed by atoms with Crippen LogP contribution in [0.5, 0.6) is 0 Å². The second kappa shape index (κ2) is 4.47. The van der Waals surface area contributed by atoms with Crippen molar-refractivity contribution in [2.45, 2.75) is 64.2 Å². The average molecular weight is 288 g/mol. The van der Waals surface area contributed by atoms with Gasteiger partial charge in [-0.2, -0.15) is 0 Å². The largest absolute Gasteiger partial charge is 0.308 e. The quantitative estimate of drug-likeness (QED) is 0.795. The van der Waals surface area contributed by atoms with E-state index in [2.05, 4.69) is 72.2 Å². The van der Waals surface area contributed by atoms with E-state index in [4.69, 9.17) is 0 Å². The number of alkyl halides is 1. The minimum absolute atomic E-state index is 0.0222. The SMILES string of the molecule is CCC(C)(C)c1nnc(CBr)n1C(C)(C)C. The van der Waals surface area contributed by atoms with E-state index in [0.29, 0.717) is 0 Å². The first kappa shape index (κ1) is 13.7. The van der Waals surface area contributed by atoms with Crippen molar-refractivity contribution in [3.05, 3.63) is 11.6 Å². The van der Waals surface area contributed by atoms with E-state index in [1.807, 2.05) is 0 Å². The number of rotatable bonds is 3. The molecule has 0 aliphatic rings. The summed E-state index contributed by atoms with van der Waals surface area (Å²) >= 11 is 3.48. The Hall–Kier alpha value is -0.380. The van der Waals surface area contributed by atoms with E-state index in [9.17, 15) is 0 Å². The highest BCUT2D eigenvalue weighted by molar-refractivity contribution is 9.08. The minimum atomic E-state index is 0.0222. The maximum Gasteiger partial charge on any atom is 0.144 e. The van der Waals surface area contributed by atoms with Crippen LogP contribution in [0.1, 0.15) is 59.6 Å². The monoisotopic (exact) mass is 287 g/mol. The summed E-state index contributed by atoms with van der Waals surface area (Å²) in [6.07, 6.45) is 1.06. The first-order chi connectivity index (χ1) is 7.24. The molecule has 0 saturated heterocycles. The average Bonchev–Trinajstić information content (AvgIpc) is 2.61. The predicted octanol–water partition coefficient (Wildman–Crippen LogP) is 3.62. The molecule has 0 bridgehead atoms. The standard InChI is InChI=1S/C12H22BrN3/c1-7-12(5,6)10-15-14-9(8-13)16(10)11(2,3)4/h7-8H2,1-6H3. The summed E-state index contributed by atoms with van der Waals surface area (Å²) in [4.78, 5) is 0. The van der Waals surface area contributed by atoms with Gasteiger partial charge in [-0.05, 0) is 27.2 Å². The third-order valence-electron chi connectivity index (χ3n) is 3.01. The summed E-state index contributed by atoms with van der Waals surface area (Å²) in [6.45, 7) is 13.2. The van der Waals surface area contributed by atoms with E-state index in [1.54, 1.807) is 0 Å². The Morgan fingerprint density at radius 3 is 2.06 bits per heavy atom. The molecule has 0 fully saturated rings. The first-order valence-electron chi connectivity index (χ1n) is 5.75. The summed E-state index contributed by atoms with van der Waals surface area (Å²) < 4.78 is 2.26. The topological polar surface area (TPSA) is 30.7 Å². The van der Waals surface area contributed by atoms with E-state index < -0.39 is 0 Å². The van der Waals surface area contributed by atoms with Crippen molar-refractivity contribution >= 4 is 15.9 Å². The Morgan fingerprint density at radius 2 is 1.69 bits per heavy atom. The molecule has 0 saturated carbocycles. The van der Waals surface area contributed by atoms with Gasteiger partial charge in [0.1, 0.15) is 11.6 Å². The van der Waals surface area contributed by atoms with Crippen molar-refractivity contribution in [1.82, 2.24) is 14.8 Å². The Morgan fingerprint density at radius 1 is 1.12 bits per heavy atom. The lowest BCUT2D eigenvalue weighted by Crippen LogP contribution is -2.32. The van der Waals surface area contributed by atoms with Crippen LogP contribution in [0.25, 0.3) is 0 Å². The zero-order chi connectivity index (χ0) is 12.6. The lowest BCUT2D eigenvalue weighted by molar-refractivity contribution is 0.335. The molecule has 1 heterocycles. The highest BCUT2D eigenvalue weighted by atomic mass is 79.9. The van der Waals surface area contributed by atoms with Gasteiger partial charge in [0.15, 0.2) is 0 Å². The minimum Gasteiger partial charge on any atom is -0.308 e. The predicted molar refractivity (Wildman–Crippen MR) is 71.0 cm³/mol. The molecule has 0 spiro atoms. The van der Waals surface area contributed by atoms with Gasteiger partial charge in [0.25, 0.3) is 0 Å². The van der Waals surface area contributed by atoms with Crippen LogP contribution < -0.4 is 0 Å². The summed E-state index contributed by atoms with van der Waals surface area (Å²) in [7, 11) is 0. The normalized spacial score (nSPS) is 13.2. The molecular formula is C12H22BrN3. The van der Waals surface area contributed by atoms with Crippen molar-refractivity contribution in [1.29, 1.82) is 0 Å². The Balaban J connectivity index is 3.37. The highest BCUT2D eigenvalue weighted by Crippen LogP contribution is 2.30. The fourth-order valence-electron chi connectivity index (χ4n) is 1.70. The summed E-state index contributed by atoms with van der Waals surface area (Å²) in [5, 5.41) is 9.41. The maximum atomic E-state index is 4.38. The third kappa shape index (κ3) is 2.47. The molecular weight excluding hydrogens is 266 g/mol. The van der Waals surface area contributed by atoms with Crippen LogP contribution in [0, 0.1) is 0 Å². The molecule has 1 aromatic heterocycles. The molecule has 92 valence electrons. The molecule has 1 aromatic rings. The van der Waals surface area contributed by atoms with Crippen molar-refractivity contribution in [3.63, 3.8) is 0 Å². The number of aromatic nitrogens is 3. The molecule has 0 amide bonds. The number of hydrogen-bond acceptors (Lipinski definition) is 2. The maximum absolute atomic E-state index is 4.38. The van der Waals surface area contributed by atoms with Gasteiger partial charge in [0, 0.05) is 11.0 Å². The molecule has 1 rings (SSSR count). The Bertz CT molecular complexity index is 361. The third-order valence-corrected chi connectivity index (χ3v) is 3.51. The summed E-state index contributed by atoms with van der Waals surface area (Å²) in [6, 6.07) is 0. The molecule has 0 N–H and O–H groups in total. The summed E-state index contributed by atoms with van der Waals surface area (Å²) in [5.41, 5.74) is 0.0923. The molecule has 3 nitrogen and oxygen atoms in total. The van der Waals surface area contributed by atoms with Gasteiger partial charge in [-0.1, -0.05) is 36.7 Å². The van der Waals surface area contributed by atoms with E-state index in [1.165, 1.54) is 0 Å². The van der Waals surface area contributed by atoms with Crippen LogP contribution in [0.15, 0.2) is 0 Å². The molecule has 0 aliphatic heterocycles. The molecule has 0 atom stereocenters. The van der Waals surface area contributed by atoms with Crippen molar-refractivity contribution in [2.24, 2.45) is 0 Å². The van der Waals surface area contributed by atoms with Crippen LogP contribution in [0.4, 0.5) is 0 Å². The van der Waals surface area contributed by atoms with Gasteiger partial charge in [-0.25, -0.2) is 0 Å². The van der Waals surface area contributed by atoms with Gasteiger partial charge < -0.3 is 4.57 Å². The van der Waals surface area contributed by atoms with E-state index in [-0.39, 0.29) is 11.0 Å². The molecule has 0 aliphatic carbocycles. The van der Waals surface area contributed by atoms with Crippen LogP contribution in [-0.2, 0) is 16.3 Å². The Kier molecular flexibility index (Phi) is 3.83. The first-order valence-corrected chi connectivity index (χ1v) is 6.87. The second-order valence-electron chi connectivity index (χ2n) is 5.82. The van der Waals surface area contributed by atoms with E-state index in [0.717, 1.165) is 23.4 Å². The van der Waals surface area contributed by atoms with Gasteiger partial charge in [-0.15, -0.1) is 10.2 Å². The zero-order valence-electron chi connectivity index (χ0n) is 11.1. The van der Waals surface area contributed by atoms with Crippen molar-refractivity contribution in [3.8, 4) is 0 Å². The van der Waals surface area contributed by atoms with Crippen molar-refractivity contribution < 1.29 is 0 Å². The zero-order valence-corrected chi connectivity index (χ0v) is 12.7. The number of halogens is 1. The molecule has 4 heteroatoms. The van der Waals surface area contributed by atoms with Crippen LogP contribution in [-0.4, -0.2) is 14.8 Å². The molecule has 0 aromatic carbocycles. The lowest BCUT2D eigenvalue weighted by atomic mass is 9.88. The molecule has 16 heavy (non-hydrogen) atoms. The van der Waals surface area contributed by atoms with Crippen LogP contribution in [0.3, 0.4) is 0 Å². The summed E-state index contributed by atoms with van der Waals surface area (Å²) in [5.74, 6) is 2.08. The Labute approximate surface area is 107 Å². The van der Waals surface area contributed by atoms with E-state index >= 15 is 0 Å². The fraction of sp³-hybridized carbons (Fsp3) is 0.833. The molecule has 0 radical (unpaired) electrons. The molecule has 0 unspecified atom stereocenters. The number of hydrogen-bond donors (Lipinski definition) is 0. The van der Waals surface area contributed by atoms with Crippen molar-refractivity contribution in [2.75, 3.05) is 0 Å². The van der Waals surface area contributed by atoms with Gasteiger partial charge >= 0.3 is 0 Å². The highest BCUT2D eigenvalue weighted by Gasteiger charge is 2.31. The fourth-order valence-corrected chi connectivity index (χ4v) is 2.07. The second-order valence-corrected chi connectivity index (χ2v) is 6.38. The van der Waals surface area contributed by atoms with Gasteiger partial charge in [0.2, 0.25) is 0 Å². The van der Waals surface area contributed by atoms with Gasteiger partial charge in [0.05, 0.1) is 5.33 Å². The van der Waals surface area contributed by atoms with Crippen LogP contribution >= 0.6 is 15.9 Å². The van der Waals surface area contributed by atoms with Gasteiger partial charge in [-0.3, -0.25) is 0 Å². The lowest BCUT2D eigenvalue weighted by Gasteiger charge is -2.30. The number of nitrogens with zero attached hydrogens (tertiary/aromatic N) is 3. The smallest absolute Gasteiger partial charge is 0.144 e.